The Morgan fingerprint density at radius 2 is 2.24 bits per heavy atom. The number of rotatable bonds is 4. The van der Waals surface area contributed by atoms with E-state index in [1.54, 1.807) is 18.2 Å². The lowest BCUT2D eigenvalue weighted by Gasteiger charge is -2.35. The molecule has 0 spiro atoms. The summed E-state index contributed by atoms with van der Waals surface area (Å²) >= 11 is 0. The molecule has 0 amide bonds. The highest BCUT2D eigenvalue weighted by Gasteiger charge is 2.24. The van der Waals surface area contributed by atoms with Crippen molar-refractivity contribution in [1.82, 2.24) is 4.90 Å². The van der Waals surface area contributed by atoms with Crippen molar-refractivity contribution < 1.29 is 14.3 Å². The predicted octanol–water partition coefficient (Wildman–Crippen LogP) is 1.12. The zero-order valence-electron chi connectivity index (χ0n) is 12.5. The van der Waals surface area contributed by atoms with Crippen molar-refractivity contribution >= 4 is 17.3 Å². The number of hydrogen-bond donors (Lipinski definition) is 2. The van der Waals surface area contributed by atoms with Crippen molar-refractivity contribution in [3.8, 4) is 0 Å². The maximum Gasteiger partial charge on any atom is 0.340 e. The average Bonchev–Trinajstić information content (AvgIpc) is 2.45. The van der Waals surface area contributed by atoms with Crippen LogP contribution in [0, 0.1) is 0 Å². The molecule has 1 aromatic carbocycles. The highest BCUT2D eigenvalue weighted by molar-refractivity contribution is 5.95. The Kier molecular flexibility index (Phi) is 5.03. The summed E-state index contributed by atoms with van der Waals surface area (Å²) in [6, 6.07) is 5.22. The van der Waals surface area contributed by atoms with Crippen LogP contribution in [0.5, 0.6) is 0 Å². The summed E-state index contributed by atoms with van der Waals surface area (Å²) in [6.45, 7) is 6.85. The molecule has 2 rings (SSSR count). The van der Waals surface area contributed by atoms with E-state index >= 15 is 0 Å². The molecule has 6 heteroatoms. The smallest absolute Gasteiger partial charge is 0.340 e. The number of nitrogens with two attached hydrogens (primary N) is 2. The number of ether oxygens (including phenoxy) is 2. The second-order valence-corrected chi connectivity index (χ2v) is 5.53. The van der Waals surface area contributed by atoms with Crippen LogP contribution in [-0.2, 0) is 9.47 Å². The van der Waals surface area contributed by atoms with Crippen LogP contribution in [0.2, 0.25) is 0 Å². The fraction of sp³-hybridized carbons (Fsp3) is 0.533. The summed E-state index contributed by atoms with van der Waals surface area (Å²) in [5, 5.41) is 0. The first-order valence-electron chi connectivity index (χ1n) is 7.15. The second-order valence-electron chi connectivity index (χ2n) is 5.53. The molecule has 1 heterocycles. The Morgan fingerprint density at radius 1 is 1.48 bits per heavy atom. The monoisotopic (exact) mass is 293 g/mol. The number of hydrogen-bond acceptors (Lipinski definition) is 6. The average molecular weight is 293 g/mol. The van der Waals surface area contributed by atoms with Gasteiger partial charge < -0.3 is 20.9 Å². The molecule has 0 aliphatic carbocycles. The van der Waals surface area contributed by atoms with Gasteiger partial charge in [0.25, 0.3) is 0 Å². The summed E-state index contributed by atoms with van der Waals surface area (Å²) in [7, 11) is 0. The van der Waals surface area contributed by atoms with Gasteiger partial charge in [-0.05, 0) is 32.0 Å². The molecule has 6 nitrogen and oxygen atoms in total. The molecular formula is C15H23N3O3. The first-order valence-corrected chi connectivity index (χ1v) is 7.15. The van der Waals surface area contributed by atoms with Gasteiger partial charge in [0.15, 0.2) is 0 Å². The third-order valence-electron chi connectivity index (χ3n) is 3.60. The van der Waals surface area contributed by atoms with Gasteiger partial charge in [-0.3, -0.25) is 4.90 Å². The van der Waals surface area contributed by atoms with Crippen molar-refractivity contribution in [2.45, 2.75) is 26.0 Å². The highest BCUT2D eigenvalue weighted by atomic mass is 16.6. The lowest BCUT2D eigenvalue weighted by molar-refractivity contribution is -0.0662. The molecule has 21 heavy (non-hydrogen) atoms. The minimum absolute atomic E-state index is 0.0971. The Balaban J connectivity index is 1.89. The van der Waals surface area contributed by atoms with Crippen molar-refractivity contribution in [1.29, 1.82) is 0 Å². The molecule has 0 saturated carbocycles. The van der Waals surface area contributed by atoms with Crippen LogP contribution in [0.15, 0.2) is 18.2 Å². The third-order valence-corrected chi connectivity index (χ3v) is 3.60. The van der Waals surface area contributed by atoms with Gasteiger partial charge in [0, 0.05) is 30.5 Å². The second kappa shape index (κ2) is 6.78. The van der Waals surface area contributed by atoms with E-state index in [-0.39, 0.29) is 12.7 Å². The molecule has 116 valence electrons. The van der Waals surface area contributed by atoms with E-state index in [0.717, 1.165) is 13.1 Å². The van der Waals surface area contributed by atoms with Crippen LogP contribution >= 0.6 is 0 Å². The van der Waals surface area contributed by atoms with Gasteiger partial charge in [0.05, 0.1) is 12.2 Å². The van der Waals surface area contributed by atoms with Crippen molar-refractivity contribution in [3.05, 3.63) is 23.8 Å². The molecule has 0 radical (unpaired) electrons. The van der Waals surface area contributed by atoms with Crippen LogP contribution < -0.4 is 11.5 Å². The molecule has 1 saturated heterocycles. The number of anilines is 2. The Hall–Kier alpha value is -1.79. The number of nitrogen functional groups attached to an aromatic ring is 2. The van der Waals surface area contributed by atoms with E-state index < -0.39 is 5.97 Å². The number of nitrogens with zero attached hydrogens (tertiary/aromatic N) is 1. The zero-order valence-corrected chi connectivity index (χ0v) is 12.5. The van der Waals surface area contributed by atoms with E-state index in [0.29, 0.717) is 29.6 Å². The maximum atomic E-state index is 12.0. The molecule has 0 aromatic heterocycles. The number of benzene rings is 1. The number of morpholine rings is 1. The standard InChI is InChI=1S/C15H23N3O3/c1-10(2)18-5-6-20-12(8-18)9-21-15(19)13-4-3-11(16)7-14(13)17/h3-4,7,10,12H,5-6,8-9,16-17H2,1-2H3. The molecule has 1 atom stereocenters. The van der Waals surface area contributed by atoms with Crippen LogP contribution in [0.1, 0.15) is 24.2 Å². The molecule has 1 aliphatic heterocycles. The lowest BCUT2D eigenvalue weighted by Crippen LogP contribution is -2.47. The first-order chi connectivity index (χ1) is 9.97. The Morgan fingerprint density at radius 3 is 2.90 bits per heavy atom. The molecule has 0 bridgehead atoms. The Labute approximate surface area is 125 Å². The summed E-state index contributed by atoms with van der Waals surface area (Å²) in [6.07, 6.45) is -0.0971. The molecular weight excluding hydrogens is 270 g/mol. The first kappa shape index (κ1) is 15.6. The summed E-state index contributed by atoms with van der Waals surface area (Å²) in [5.41, 5.74) is 12.6. The lowest BCUT2D eigenvalue weighted by atomic mass is 10.1. The van der Waals surface area contributed by atoms with E-state index in [2.05, 4.69) is 18.7 Å². The number of esters is 1. The van der Waals surface area contributed by atoms with Gasteiger partial charge in [-0.1, -0.05) is 0 Å². The van der Waals surface area contributed by atoms with Crippen molar-refractivity contribution in [2.75, 3.05) is 37.8 Å². The minimum Gasteiger partial charge on any atom is -0.459 e. The quantitative estimate of drug-likeness (QED) is 0.638. The molecule has 1 fully saturated rings. The van der Waals surface area contributed by atoms with E-state index in [4.69, 9.17) is 20.9 Å². The van der Waals surface area contributed by atoms with Crippen LogP contribution in [0.4, 0.5) is 11.4 Å². The van der Waals surface area contributed by atoms with Gasteiger partial charge in [-0.25, -0.2) is 4.79 Å². The fourth-order valence-electron chi connectivity index (χ4n) is 2.33. The topological polar surface area (TPSA) is 90.8 Å². The number of carbonyl (C=O) groups is 1. The minimum atomic E-state index is -0.447. The van der Waals surface area contributed by atoms with E-state index in [1.807, 2.05) is 0 Å². The predicted molar refractivity (Wildman–Crippen MR) is 82.0 cm³/mol. The van der Waals surface area contributed by atoms with Gasteiger partial charge in [-0.15, -0.1) is 0 Å². The zero-order chi connectivity index (χ0) is 15.4. The maximum absolute atomic E-state index is 12.0. The van der Waals surface area contributed by atoms with Gasteiger partial charge in [0.1, 0.15) is 12.7 Å². The molecule has 4 N–H and O–H groups in total. The molecule has 1 unspecified atom stereocenters. The van der Waals surface area contributed by atoms with Gasteiger partial charge in [-0.2, -0.15) is 0 Å². The largest absolute Gasteiger partial charge is 0.459 e. The molecule has 1 aliphatic rings. The van der Waals surface area contributed by atoms with Crippen molar-refractivity contribution in [3.63, 3.8) is 0 Å². The fourth-order valence-corrected chi connectivity index (χ4v) is 2.33. The van der Waals surface area contributed by atoms with E-state index in [9.17, 15) is 4.79 Å². The van der Waals surface area contributed by atoms with Crippen LogP contribution in [-0.4, -0.2) is 49.3 Å². The van der Waals surface area contributed by atoms with Gasteiger partial charge in [0.2, 0.25) is 0 Å². The SMILES string of the molecule is CC(C)N1CCOC(COC(=O)c2ccc(N)cc2N)C1. The summed E-state index contributed by atoms with van der Waals surface area (Å²) < 4.78 is 10.9. The van der Waals surface area contributed by atoms with Crippen LogP contribution in [0.3, 0.4) is 0 Å². The summed E-state index contributed by atoms with van der Waals surface area (Å²) in [5.74, 6) is -0.447. The van der Waals surface area contributed by atoms with Crippen LogP contribution in [0.25, 0.3) is 0 Å². The normalized spacial score (nSPS) is 19.7. The van der Waals surface area contributed by atoms with E-state index in [1.165, 1.54) is 0 Å². The number of carbonyl (C=O) groups excluding carboxylic acids is 1. The molecule has 1 aromatic rings. The summed E-state index contributed by atoms with van der Waals surface area (Å²) in [4.78, 5) is 14.3. The highest BCUT2D eigenvalue weighted by Crippen LogP contribution is 2.17. The van der Waals surface area contributed by atoms with Crippen molar-refractivity contribution in [2.24, 2.45) is 0 Å². The van der Waals surface area contributed by atoms with Gasteiger partial charge >= 0.3 is 5.97 Å². The Bertz CT molecular complexity index is 505. The third kappa shape index (κ3) is 4.09.